The molecule has 1 aliphatic rings. The molecular formula is C20H15NS. The van der Waals surface area contributed by atoms with Gasteiger partial charge in [-0.05, 0) is 29.3 Å². The van der Waals surface area contributed by atoms with Gasteiger partial charge < -0.3 is 5.32 Å². The van der Waals surface area contributed by atoms with Crippen LogP contribution in [0, 0.1) is 0 Å². The number of hydrogen-bond donors (Lipinski definition) is 1. The first-order chi connectivity index (χ1) is 10.9. The summed E-state index contributed by atoms with van der Waals surface area (Å²) in [4.78, 5) is 2.55. The van der Waals surface area contributed by atoms with Gasteiger partial charge in [0, 0.05) is 9.79 Å². The van der Waals surface area contributed by atoms with Crippen molar-refractivity contribution in [3.05, 3.63) is 83.9 Å². The van der Waals surface area contributed by atoms with Crippen LogP contribution in [0.5, 0.6) is 0 Å². The summed E-state index contributed by atoms with van der Waals surface area (Å²) < 4.78 is 0. The lowest BCUT2D eigenvalue weighted by atomic mass is 10.1. The molecule has 1 heterocycles. The summed E-state index contributed by atoms with van der Waals surface area (Å²) in [7, 11) is 0. The van der Waals surface area contributed by atoms with Crippen LogP contribution >= 0.6 is 11.8 Å². The Bertz CT molecular complexity index is 837. The highest BCUT2D eigenvalue weighted by Crippen LogP contribution is 2.45. The smallest absolute Gasteiger partial charge is 0.0599 e. The molecule has 0 atom stereocenters. The molecular weight excluding hydrogens is 286 g/mol. The van der Waals surface area contributed by atoms with Crippen molar-refractivity contribution in [1.82, 2.24) is 0 Å². The molecule has 0 saturated carbocycles. The average Bonchev–Trinajstić information content (AvgIpc) is 2.59. The Morgan fingerprint density at radius 2 is 1.45 bits per heavy atom. The van der Waals surface area contributed by atoms with Crippen LogP contribution in [0.4, 0.5) is 11.4 Å². The van der Waals surface area contributed by atoms with Crippen molar-refractivity contribution < 1.29 is 0 Å². The van der Waals surface area contributed by atoms with Crippen molar-refractivity contribution in [3.63, 3.8) is 0 Å². The molecule has 0 aliphatic carbocycles. The van der Waals surface area contributed by atoms with Crippen LogP contribution < -0.4 is 5.32 Å². The van der Waals surface area contributed by atoms with Gasteiger partial charge in [-0.1, -0.05) is 78.5 Å². The molecule has 0 amide bonds. The zero-order valence-electron chi connectivity index (χ0n) is 12.0. The third-order valence-electron chi connectivity index (χ3n) is 3.68. The summed E-state index contributed by atoms with van der Waals surface area (Å²) in [6, 6.07) is 25.3. The third kappa shape index (κ3) is 2.53. The van der Waals surface area contributed by atoms with E-state index in [0.29, 0.717) is 0 Å². The topological polar surface area (TPSA) is 12.0 Å². The van der Waals surface area contributed by atoms with Gasteiger partial charge in [0.2, 0.25) is 0 Å². The van der Waals surface area contributed by atoms with E-state index in [-0.39, 0.29) is 0 Å². The number of benzene rings is 3. The highest BCUT2D eigenvalue weighted by molar-refractivity contribution is 7.99. The van der Waals surface area contributed by atoms with Gasteiger partial charge in [0.1, 0.15) is 0 Å². The van der Waals surface area contributed by atoms with E-state index >= 15 is 0 Å². The molecule has 2 heteroatoms. The predicted octanol–water partition coefficient (Wildman–Crippen LogP) is 6.07. The van der Waals surface area contributed by atoms with Gasteiger partial charge in [-0.25, -0.2) is 0 Å². The summed E-state index contributed by atoms with van der Waals surface area (Å²) in [6.07, 6.45) is 4.33. The Balaban J connectivity index is 1.71. The largest absolute Gasteiger partial charge is 0.353 e. The van der Waals surface area contributed by atoms with Crippen LogP contribution in [-0.4, -0.2) is 0 Å². The number of fused-ring (bicyclic) bond motifs is 2. The van der Waals surface area contributed by atoms with Gasteiger partial charge in [-0.3, -0.25) is 0 Å². The number of para-hydroxylation sites is 2. The molecule has 1 aliphatic heterocycles. The van der Waals surface area contributed by atoms with E-state index in [2.05, 4.69) is 84.2 Å². The maximum atomic E-state index is 3.57. The first kappa shape index (κ1) is 13.2. The molecule has 1 N–H and O–H groups in total. The van der Waals surface area contributed by atoms with E-state index in [1.807, 2.05) is 17.8 Å². The molecule has 106 valence electrons. The van der Waals surface area contributed by atoms with E-state index in [4.69, 9.17) is 0 Å². The van der Waals surface area contributed by atoms with E-state index in [1.165, 1.54) is 32.3 Å². The molecule has 0 fully saturated rings. The normalized spacial score (nSPS) is 12.5. The van der Waals surface area contributed by atoms with Crippen molar-refractivity contribution in [1.29, 1.82) is 0 Å². The number of rotatable bonds is 2. The first-order valence-electron chi connectivity index (χ1n) is 7.30. The van der Waals surface area contributed by atoms with Crippen molar-refractivity contribution in [2.24, 2.45) is 0 Å². The molecule has 0 unspecified atom stereocenters. The summed E-state index contributed by atoms with van der Waals surface area (Å²) in [5.41, 5.74) is 4.80. The Labute approximate surface area is 134 Å². The maximum absolute atomic E-state index is 3.57. The first-order valence-corrected chi connectivity index (χ1v) is 8.12. The Morgan fingerprint density at radius 3 is 2.36 bits per heavy atom. The molecule has 1 nitrogen and oxygen atoms in total. The highest BCUT2D eigenvalue weighted by atomic mass is 32.2. The second-order valence-electron chi connectivity index (χ2n) is 5.19. The Kier molecular flexibility index (Phi) is 3.45. The predicted molar refractivity (Wildman–Crippen MR) is 95.7 cm³/mol. The SMILES string of the molecule is C(=C\c1cccc2c1Nc1ccccc1S2)/c1ccccc1. The van der Waals surface area contributed by atoms with Gasteiger partial charge >= 0.3 is 0 Å². The number of anilines is 2. The second kappa shape index (κ2) is 5.74. The Morgan fingerprint density at radius 1 is 0.682 bits per heavy atom. The van der Waals surface area contributed by atoms with E-state index in [0.717, 1.165) is 0 Å². The van der Waals surface area contributed by atoms with Crippen LogP contribution in [-0.2, 0) is 0 Å². The molecule has 0 spiro atoms. The Hall–Kier alpha value is -2.45. The van der Waals surface area contributed by atoms with Gasteiger partial charge in [0.15, 0.2) is 0 Å². The standard InChI is InChI=1S/C20H15NS/c1-2-7-15(8-3-1)13-14-16-9-6-12-19-20(16)21-17-10-4-5-11-18(17)22-19/h1-14,21H/b14-13+. The summed E-state index contributed by atoms with van der Waals surface area (Å²) in [5.74, 6) is 0. The lowest BCUT2D eigenvalue weighted by Crippen LogP contribution is -2.01. The number of hydrogen-bond acceptors (Lipinski definition) is 2. The van der Waals surface area contributed by atoms with Gasteiger partial charge in [-0.2, -0.15) is 0 Å². The molecule has 3 aromatic carbocycles. The van der Waals surface area contributed by atoms with Crippen molar-refractivity contribution in [2.75, 3.05) is 5.32 Å². The van der Waals surface area contributed by atoms with Crippen molar-refractivity contribution >= 4 is 35.3 Å². The fraction of sp³-hybridized carbons (Fsp3) is 0. The van der Waals surface area contributed by atoms with Gasteiger partial charge in [-0.15, -0.1) is 0 Å². The number of nitrogens with one attached hydrogen (secondary N) is 1. The van der Waals surface area contributed by atoms with Crippen LogP contribution in [0.1, 0.15) is 11.1 Å². The van der Waals surface area contributed by atoms with Crippen LogP contribution in [0.3, 0.4) is 0 Å². The summed E-state index contributed by atoms with van der Waals surface area (Å²) in [6.45, 7) is 0. The highest BCUT2D eigenvalue weighted by Gasteiger charge is 2.16. The second-order valence-corrected chi connectivity index (χ2v) is 6.27. The van der Waals surface area contributed by atoms with E-state index < -0.39 is 0 Å². The van der Waals surface area contributed by atoms with E-state index in [1.54, 1.807) is 0 Å². The van der Waals surface area contributed by atoms with Gasteiger partial charge in [0.25, 0.3) is 0 Å². The minimum absolute atomic E-state index is 1.18. The third-order valence-corrected chi connectivity index (χ3v) is 4.82. The minimum atomic E-state index is 1.18. The van der Waals surface area contributed by atoms with Crippen LogP contribution in [0.25, 0.3) is 12.2 Å². The monoisotopic (exact) mass is 301 g/mol. The summed E-state index contributed by atoms with van der Waals surface area (Å²) in [5, 5.41) is 3.57. The van der Waals surface area contributed by atoms with Crippen LogP contribution in [0.15, 0.2) is 82.6 Å². The molecule has 0 saturated heterocycles. The maximum Gasteiger partial charge on any atom is 0.0599 e. The zero-order valence-corrected chi connectivity index (χ0v) is 12.8. The van der Waals surface area contributed by atoms with Crippen LogP contribution in [0.2, 0.25) is 0 Å². The molecule has 22 heavy (non-hydrogen) atoms. The lowest BCUT2D eigenvalue weighted by molar-refractivity contribution is 1.31. The summed E-state index contributed by atoms with van der Waals surface area (Å²) >= 11 is 1.82. The van der Waals surface area contributed by atoms with Crippen molar-refractivity contribution in [3.8, 4) is 0 Å². The quantitative estimate of drug-likeness (QED) is 0.451. The van der Waals surface area contributed by atoms with Gasteiger partial charge in [0.05, 0.1) is 11.4 Å². The average molecular weight is 301 g/mol. The molecule has 0 aromatic heterocycles. The van der Waals surface area contributed by atoms with E-state index in [9.17, 15) is 0 Å². The fourth-order valence-electron chi connectivity index (χ4n) is 2.57. The zero-order chi connectivity index (χ0) is 14.8. The fourth-order valence-corrected chi connectivity index (χ4v) is 3.60. The molecule has 0 bridgehead atoms. The minimum Gasteiger partial charge on any atom is -0.353 e. The molecule has 4 rings (SSSR count). The lowest BCUT2D eigenvalue weighted by Gasteiger charge is -2.22. The van der Waals surface area contributed by atoms with Crippen molar-refractivity contribution in [2.45, 2.75) is 9.79 Å². The molecule has 3 aromatic rings. The molecule has 0 radical (unpaired) electrons.